The molecule has 0 saturated heterocycles. The number of aryl methyl sites for hydroxylation is 1. The highest BCUT2D eigenvalue weighted by atomic mass is 16.1. The molecule has 4 aromatic rings. The van der Waals surface area contributed by atoms with Crippen LogP contribution in [0.1, 0.15) is 21.6 Å². The molecule has 0 bridgehead atoms. The van der Waals surface area contributed by atoms with Gasteiger partial charge in [0.2, 0.25) is 0 Å². The zero-order chi connectivity index (χ0) is 20.2. The van der Waals surface area contributed by atoms with Crippen molar-refractivity contribution in [2.24, 2.45) is 0 Å². The van der Waals surface area contributed by atoms with Crippen molar-refractivity contribution >= 4 is 11.6 Å². The van der Waals surface area contributed by atoms with Crippen molar-refractivity contribution in [2.75, 3.05) is 5.32 Å². The molecule has 0 aliphatic rings. The number of carbonyl (C=O) groups is 1. The standard InChI is InChI=1S/C21H18N6O2/c1-14-9-19(28)26-20(24-14)17-3-2-4-18(10-17)25-21(29)16-7-5-15(6-8-16)11-27-13-22-12-23-27/h2-10,12-13H,11H2,1H3,(H,25,29)(H,24,26,28). The third-order valence-electron chi connectivity index (χ3n) is 4.29. The third kappa shape index (κ3) is 4.44. The first-order valence-electron chi connectivity index (χ1n) is 8.98. The van der Waals surface area contributed by atoms with Gasteiger partial charge in [0.25, 0.3) is 11.5 Å². The minimum absolute atomic E-state index is 0.215. The molecule has 8 heteroatoms. The molecule has 0 unspecified atom stereocenters. The lowest BCUT2D eigenvalue weighted by Crippen LogP contribution is -2.12. The second-order valence-corrected chi connectivity index (χ2v) is 6.56. The van der Waals surface area contributed by atoms with Gasteiger partial charge in [-0.3, -0.25) is 9.59 Å². The Balaban J connectivity index is 1.49. The minimum Gasteiger partial charge on any atom is -0.322 e. The first-order chi connectivity index (χ1) is 14.1. The number of H-pyrrole nitrogens is 1. The van der Waals surface area contributed by atoms with E-state index in [1.165, 1.54) is 12.4 Å². The van der Waals surface area contributed by atoms with E-state index >= 15 is 0 Å². The van der Waals surface area contributed by atoms with E-state index in [0.29, 0.717) is 34.9 Å². The van der Waals surface area contributed by atoms with Gasteiger partial charge in [0.05, 0.1) is 6.54 Å². The Bertz CT molecular complexity index is 1200. The second kappa shape index (κ2) is 7.89. The van der Waals surface area contributed by atoms with Crippen molar-refractivity contribution in [1.82, 2.24) is 24.7 Å². The molecular formula is C21H18N6O2. The van der Waals surface area contributed by atoms with Gasteiger partial charge in [-0.25, -0.2) is 14.6 Å². The number of aromatic amines is 1. The molecule has 0 spiro atoms. The minimum atomic E-state index is -0.222. The number of benzene rings is 2. The van der Waals surface area contributed by atoms with Gasteiger partial charge in [0.15, 0.2) is 0 Å². The SMILES string of the molecule is Cc1cc(=O)[nH]c(-c2cccc(NC(=O)c3ccc(Cn4cncn4)cc3)c2)n1. The number of rotatable bonds is 5. The van der Waals surface area contributed by atoms with Crippen LogP contribution in [0.4, 0.5) is 5.69 Å². The molecule has 2 aromatic carbocycles. The van der Waals surface area contributed by atoms with Crippen molar-refractivity contribution in [1.29, 1.82) is 0 Å². The second-order valence-electron chi connectivity index (χ2n) is 6.56. The Hall–Kier alpha value is -4.07. The van der Waals surface area contributed by atoms with E-state index in [2.05, 4.69) is 25.4 Å². The molecular weight excluding hydrogens is 368 g/mol. The fourth-order valence-corrected chi connectivity index (χ4v) is 2.93. The maximum absolute atomic E-state index is 12.6. The Labute approximate surface area is 166 Å². The Morgan fingerprint density at radius 1 is 1.14 bits per heavy atom. The fraction of sp³-hybridized carbons (Fsp3) is 0.0952. The van der Waals surface area contributed by atoms with Crippen LogP contribution in [0.25, 0.3) is 11.4 Å². The van der Waals surface area contributed by atoms with Crippen LogP contribution in [-0.2, 0) is 6.54 Å². The van der Waals surface area contributed by atoms with Crippen LogP contribution in [-0.4, -0.2) is 30.6 Å². The van der Waals surface area contributed by atoms with Crippen molar-refractivity contribution in [3.8, 4) is 11.4 Å². The summed E-state index contributed by atoms with van der Waals surface area (Å²) in [5.74, 6) is 0.240. The van der Waals surface area contributed by atoms with E-state index in [4.69, 9.17) is 0 Å². The van der Waals surface area contributed by atoms with Crippen LogP contribution >= 0.6 is 0 Å². The van der Waals surface area contributed by atoms with Crippen molar-refractivity contribution in [3.05, 3.63) is 94.4 Å². The summed E-state index contributed by atoms with van der Waals surface area (Å²) in [5.41, 5.74) is 3.30. The smallest absolute Gasteiger partial charge is 0.255 e. The summed E-state index contributed by atoms with van der Waals surface area (Å²) >= 11 is 0. The molecule has 0 radical (unpaired) electrons. The third-order valence-corrected chi connectivity index (χ3v) is 4.29. The number of aromatic nitrogens is 5. The van der Waals surface area contributed by atoms with Crippen molar-refractivity contribution in [2.45, 2.75) is 13.5 Å². The van der Waals surface area contributed by atoms with Crippen LogP contribution in [0.5, 0.6) is 0 Å². The number of anilines is 1. The van der Waals surface area contributed by atoms with Gasteiger partial charge in [-0.2, -0.15) is 5.10 Å². The zero-order valence-electron chi connectivity index (χ0n) is 15.7. The number of carbonyl (C=O) groups excluding carboxylic acids is 1. The first-order valence-corrected chi connectivity index (χ1v) is 8.98. The Morgan fingerprint density at radius 3 is 2.69 bits per heavy atom. The summed E-state index contributed by atoms with van der Waals surface area (Å²) in [5, 5.41) is 6.94. The lowest BCUT2D eigenvalue weighted by Gasteiger charge is -2.08. The average Bonchev–Trinajstić information content (AvgIpc) is 3.21. The highest BCUT2D eigenvalue weighted by molar-refractivity contribution is 6.04. The molecule has 0 saturated carbocycles. The molecule has 0 aliphatic carbocycles. The lowest BCUT2D eigenvalue weighted by molar-refractivity contribution is 0.102. The summed E-state index contributed by atoms with van der Waals surface area (Å²) in [6, 6.07) is 15.9. The highest BCUT2D eigenvalue weighted by Gasteiger charge is 2.08. The summed E-state index contributed by atoms with van der Waals surface area (Å²) in [6.45, 7) is 2.35. The number of hydrogen-bond donors (Lipinski definition) is 2. The first kappa shape index (κ1) is 18.3. The van der Waals surface area contributed by atoms with Gasteiger partial charge in [-0.15, -0.1) is 0 Å². The molecule has 0 fully saturated rings. The highest BCUT2D eigenvalue weighted by Crippen LogP contribution is 2.19. The number of amides is 1. The molecule has 2 aromatic heterocycles. The summed E-state index contributed by atoms with van der Waals surface area (Å²) < 4.78 is 1.71. The molecule has 0 atom stereocenters. The molecule has 144 valence electrons. The summed E-state index contributed by atoms with van der Waals surface area (Å²) in [7, 11) is 0. The molecule has 2 heterocycles. The monoisotopic (exact) mass is 386 g/mol. The largest absolute Gasteiger partial charge is 0.322 e. The average molecular weight is 386 g/mol. The number of hydrogen-bond acceptors (Lipinski definition) is 5. The van der Waals surface area contributed by atoms with E-state index in [9.17, 15) is 9.59 Å². The van der Waals surface area contributed by atoms with E-state index in [0.717, 1.165) is 5.56 Å². The lowest BCUT2D eigenvalue weighted by atomic mass is 10.1. The Kier molecular flexibility index (Phi) is 4.98. The molecule has 29 heavy (non-hydrogen) atoms. The van der Waals surface area contributed by atoms with Gasteiger partial charge < -0.3 is 10.3 Å². The quantitative estimate of drug-likeness (QED) is 0.548. The molecule has 2 N–H and O–H groups in total. The van der Waals surface area contributed by atoms with Crippen LogP contribution in [0, 0.1) is 6.92 Å². The maximum atomic E-state index is 12.6. The van der Waals surface area contributed by atoms with E-state index in [1.807, 2.05) is 18.2 Å². The molecule has 0 aliphatic heterocycles. The van der Waals surface area contributed by atoms with E-state index in [1.54, 1.807) is 48.3 Å². The normalized spacial score (nSPS) is 10.7. The summed E-state index contributed by atoms with van der Waals surface area (Å²) in [6.07, 6.45) is 3.13. The van der Waals surface area contributed by atoms with Crippen LogP contribution < -0.4 is 10.9 Å². The Morgan fingerprint density at radius 2 is 1.97 bits per heavy atom. The van der Waals surface area contributed by atoms with E-state index in [-0.39, 0.29) is 11.5 Å². The van der Waals surface area contributed by atoms with Gasteiger partial charge in [0, 0.05) is 28.6 Å². The fourth-order valence-electron chi connectivity index (χ4n) is 2.93. The van der Waals surface area contributed by atoms with Crippen LogP contribution in [0.3, 0.4) is 0 Å². The predicted octanol–water partition coefficient (Wildman–Crippen LogP) is 2.64. The predicted molar refractivity (Wildman–Crippen MR) is 109 cm³/mol. The summed E-state index contributed by atoms with van der Waals surface area (Å²) in [4.78, 5) is 35.2. The number of nitrogens with one attached hydrogen (secondary N) is 2. The van der Waals surface area contributed by atoms with Crippen molar-refractivity contribution < 1.29 is 4.79 Å². The van der Waals surface area contributed by atoms with Gasteiger partial charge >= 0.3 is 0 Å². The van der Waals surface area contributed by atoms with Crippen LogP contribution in [0.2, 0.25) is 0 Å². The van der Waals surface area contributed by atoms with Crippen molar-refractivity contribution in [3.63, 3.8) is 0 Å². The maximum Gasteiger partial charge on any atom is 0.255 e. The van der Waals surface area contributed by atoms with Gasteiger partial charge in [0.1, 0.15) is 18.5 Å². The zero-order valence-corrected chi connectivity index (χ0v) is 15.7. The molecule has 4 rings (SSSR count). The van der Waals surface area contributed by atoms with E-state index < -0.39 is 0 Å². The topological polar surface area (TPSA) is 106 Å². The molecule has 1 amide bonds. The van der Waals surface area contributed by atoms with Gasteiger partial charge in [-0.05, 0) is 36.8 Å². The number of nitrogens with zero attached hydrogens (tertiary/aromatic N) is 4. The van der Waals surface area contributed by atoms with Gasteiger partial charge in [-0.1, -0.05) is 24.3 Å². The molecule has 8 nitrogen and oxygen atoms in total. The van der Waals surface area contributed by atoms with Crippen LogP contribution in [0.15, 0.2) is 72.0 Å².